The second kappa shape index (κ2) is 6.81. The SMILES string of the molecule is C[C@H]1C[C@@H](NCC(N)=O)CN(c2ccc(C#N)c3nccnc23)C1. The molecule has 0 spiro atoms. The van der Waals surface area contributed by atoms with Crippen LogP contribution in [0.3, 0.4) is 0 Å². The van der Waals surface area contributed by atoms with Crippen LogP contribution in [0.2, 0.25) is 0 Å². The maximum absolute atomic E-state index is 11.0. The standard InChI is InChI=1S/C17H20N6O/c1-11-6-13(22-8-15(19)24)10-23(9-11)14-3-2-12(7-18)16-17(14)21-5-4-20-16/h2-5,11,13,22H,6,8-10H2,1H3,(H2,19,24)/t11-,13+/m0/s1. The van der Waals surface area contributed by atoms with E-state index < -0.39 is 0 Å². The van der Waals surface area contributed by atoms with E-state index in [1.165, 1.54) is 0 Å². The van der Waals surface area contributed by atoms with Gasteiger partial charge in [-0.2, -0.15) is 5.26 Å². The molecular formula is C17H20N6O. The van der Waals surface area contributed by atoms with Gasteiger partial charge in [0.1, 0.15) is 17.1 Å². The first-order valence-corrected chi connectivity index (χ1v) is 7.99. The van der Waals surface area contributed by atoms with E-state index in [0.29, 0.717) is 17.0 Å². The first-order chi connectivity index (χ1) is 11.6. The second-order valence-corrected chi connectivity index (χ2v) is 6.29. The molecule has 2 heterocycles. The highest BCUT2D eigenvalue weighted by Crippen LogP contribution is 2.29. The molecule has 3 rings (SSSR count). The van der Waals surface area contributed by atoms with Crippen LogP contribution in [0.1, 0.15) is 18.9 Å². The van der Waals surface area contributed by atoms with Crippen molar-refractivity contribution in [1.82, 2.24) is 15.3 Å². The van der Waals surface area contributed by atoms with Crippen LogP contribution >= 0.6 is 0 Å². The Morgan fingerprint density at radius 2 is 2.12 bits per heavy atom. The number of anilines is 1. The van der Waals surface area contributed by atoms with Crippen molar-refractivity contribution in [2.45, 2.75) is 19.4 Å². The lowest BCUT2D eigenvalue weighted by Gasteiger charge is -2.38. The number of nitrogens with one attached hydrogen (secondary N) is 1. The van der Waals surface area contributed by atoms with Crippen molar-refractivity contribution in [3.63, 3.8) is 0 Å². The Hall–Kier alpha value is -2.72. The van der Waals surface area contributed by atoms with Crippen LogP contribution in [0.15, 0.2) is 24.5 Å². The van der Waals surface area contributed by atoms with Gasteiger partial charge in [-0.1, -0.05) is 6.92 Å². The molecule has 24 heavy (non-hydrogen) atoms. The van der Waals surface area contributed by atoms with Crippen LogP contribution in [0, 0.1) is 17.2 Å². The number of piperidine rings is 1. The van der Waals surface area contributed by atoms with E-state index in [4.69, 9.17) is 5.73 Å². The molecule has 7 nitrogen and oxygen atoms in total. The summed E-state index contributed by atoms with van der Waals surface area (Å²) in [6, 6.07) is 6.07. The number of aromatic nitrogens is 2. The number of amides is 1. The lowest BCUT2D eigenvalue weighted by atomic mass is 9.95. The molecule has 1 amide bonds. The molecule has 1 aliphatic rings. The van der Waals surface area contributed by atoms with Crippen LogP contribution in [-0.4, -0.2) is 41.6 Å². The fourth-order valence-corrected chi connectivity index (χ4v) is 3.33. The summed E-state index contributed by atoms with van der Waals surface area (Å²) in [5, 5.41) is 12.5. The number of nitrogens with zero attached hydrogens (tertiary/aromatic N) is 4. The molecule has 0 radical (unpaired) electrons. The third-order valence-electron chi connectivity index (χ3n) is 4.29. The molecule has 2 atom stereocenters. The van der Waals surface area contributed by atoms with E-state index in [1.807, 2.05) is 6.07 Å². The molecule has 1 aliphatic heterocycles. The van der Waals surface area contributed by atoms with Crippen molar-refractivity contribution in [3.8, 4) is 6.07 Å². The summed E-state index contributed by atoms with van der Waals surface area (Å²) in [7, 11) is 0. The largest absolute Gasteiger partial charge is 0.369 e. The zero-order valence-electron chi connectivity index (χ0n) is 13.6. The van der Waals surface area contributed by atoms with E-state index in [0.717, 1.165) is 30.7 Å². The summed E-state index contributed by atoms with van der Waals surface area (Å²) in [6.45, 7) is 4.02. The fourth-order valence-electron chi connectivity index (χ4n) is 3.33. The van der Waals surface area contributed by atoms with E-state index in [2.05, 4.69) is 33.2 Å². The number of hydrogen-bond donors (Lipinski definition) is 2. The second-order valence-electron chi connectivity index (χ2n) is 6.29. The molecule has 0 aliphatic carbocycles. The van der Waals surface area contributed by atoms with Crippen LogP contribution in [0.5, 0.6) is 0 Å². The highest BCUT2D eigenvalue weighted by atomic mass is 16.1. The van der Waals surface area contributed by atoms with Gasteiger partial charge in [-0.25, -0.2) is 0 Å². The zero-order chi connectivity index (χ0) is 17.1. The van der Waals surface area contributed by atoms with Crippen LogP contribution in [0.4, 0.5) is 5.69 Å². The summed E-state index contributed by atoms with van der Waals surface area (Å²) in [6.07, 6.45) is 4.23. The average Bonchev–Trinajstić information content (AvgIpc) is 2.58. The number of fused-ring (bicyclic) bond motifs is 1. The van der Waals surface area contributed by atoms with Crippen molar-refractivity contribution in [3.05, 3.63) is 30.1 Å². The number of primary amides is 1. The minimum absolute atomic E-state index is 0.180. The highest BCUT2D eigenvalue weighted by Gasteiger charge is 2.26. The zero-order valence-corrected chi connectivity index (χ0v) is 13.6. The highest BCUT2D eigenvalue weighted by molar-refractivity contribution is 5.92. The third-order valence-corrected chi connectivity index (χ3v) is 4.29. The molecule has 0 bridgehead atoms. The van der Waals surface area contributed by atoms with Gasteiger partial charge in [0, 0.05) is 31.5 Å². The van der Waals surface area contributed by atoms with Crippen LogP contribution in [-0.2, 0) is 4.79 Å². The Balaban J connectivity index is 1.92. The Labute approximate surface area is 140 Å². The summed E-state index contributed by atoms with van der Waals surface area (Å²) < 4.78 is 0. The van der Waals surface area contributed by atoms with E-state index in [-0.39, 0.29) is 18.5 Å². The Bertz CT molecular complexity index is 799. The molecule has 1 aromatic carbocycles. The van der Waals surface area contributed by atoms with Crippen molar-refractivity contribution in [1.29, 1.82) is 5.26 Å². The maximum atomic E-state index is 11.0. The van der Waals surface area contributed by atoms with Crippen molar-refractivity contribution < 1.29 is 4.79 Å². The summed E-state index contributed by atoms with van der Waals surface area (Å²) in [5.41, 5.74) is 8.08. The van der Waals surface area contributed by atoms with Gasteiger partial charge in [-0.15, -0.1) is 0 Å². The van der Waals surface area contributed by atoms with Crippen LogP contribution in [0.25, 0.3) is 11.0 Å². The monoisotopic (exact) mass is 324 g/mol. The summed E-state index contributed by atoms with van der Waals surface area (Å²) in [5.74, 6) is 0.112. The van der Waals surface area contributed by atoms with E-state index >= 15 is 0 Å². The number of carbonyl (C=O) groups is 1. The smallest absolute Gasteiger partial charge is 0.231 e. The Morgan fingerprint density at radius 3 is 2.83 bits per heavy atom. The molecule has 0 unspecified atom stereocenters. The topological polar surface area (TPSA) is 108 Å². The van der Waals surface area contributed by atoms with Gasteiger partial charge in [-0.05, 0) is 24.5 Å². The fraction of sp³-hybridized carbons (Fsp3) is 0.412. The maximum Gasteiger partial charge on any atom is 0.231 e. The quantitative estimate of drug-likeness (QED) is 0.861. The summed E-state index contributed by atoms with van der Waals surface area (Å²) >= 11 is 0. The Kier molecular flexibility index (Phi) is 4.58. The van der Waals surface area contributed by atoms with Gasteiger partial charge in [0.2, 0.25) is 5.91 Å². The van der Waals surface area contributed by atoms with Gasteiger partial charge >= 0.3 is 0 Å². The first-order valence-electron chi connectivity index (χ1n) is 7.99. The van der Waals surface area contributed by atoms with E-state index in [9.17, 15) is 10.1 Å². The van der Waals surface area contributed by atoms with E-state index in [1.54, 1.807) is 18.5 Å². The lowest BCUT2D eigenvalue weighted by molar-refractivity contribution is -0.117. The number of carbonyl (C=O) groups excluding carboxylic acids is 1. The van der Waals surface area contributed by atoms with Gasteiger partial charge in [0.15, 0.2) is 0 Å². The summed E-state index contributed by atoms with van der Waals surface area (Å²) in [4.78, 5) is 22.0. The number of rotatable bonds is 4. The molecule has 1 saturated heterocycles. The number of nitriles is 1. The van der Waals surface area contributed by atoms with Crippen molar-refractivity contribution in [2.24, 2.45) is 11.7 Å². The minimum Gasteiger partial charge on any atom is -0.369 e. The molecule has 1 fully saturated rings. The van der Waals surface area contributed by atoms with Crippen molar-refractivity contribution >= 4 is 22.6 Å². The average molecular weight is 324 g/mol. The number of hydrogen-bond acceptors (Lipinski definition) is 6. The first kappa shape index (κ1) is 16.1. The predicted molar refractivity (Wildman–Crippen MR) is 91.2 cm³/mol. The molecule has 7 heteroatoms. The van der Waals surface area contributed by atoms with Gasteiger partial charge in [0.05, 0.1) is 17.8 Å². The Morgan fingerprint density at radius 1 is 1.38 bits per heavy atom. The molecule has 124 valence electrons. The predicted octanol–water partition coefficient (Wildman–Crippen LogP) is 0.791. The third kappa shape index (κ3) is 3.29. The van der Waals surface area contributed by atoms with Crippen molar-refractivity contribution in [2.75, 3.05) is 24.5 Å². The lowest BCUT2D eigenvalue weighted by Crippen LogP contribution is -2.50. The van der Waals surface area contributed by atoms with Gasteiger partial charge in [0.25, 0.3) is 0 Å². The van der Waals surface area contributed by atoms with Gasteiger partial charge < -0.3 is 16.0 Å². The van der Waals surface area contributed by atoms with Gasteiger partial charge in [-0.3, -0.25) is 14.8 Å². The molecule has 2 aromatic rings. The normalized spacial score (nSPS) is 20.8. The number of benzene rings is 1. The molecule has 0 saturated carbocycles. The molecular weight excluding hydrogens is 304 g/mol. The number of nitrogens with two attached hydrogens (primary N) is 1. The molecule has 3 N–H and O–H groups in total. The minimum atomic E-state index is -0.352. The molecule has 1 aromatic heterocycles. The van der Waals surface area contributed by atoms with Crippen LogP contribution < -0.4 is 16.0 Å².